The van der Waals surface area contributed by atoms with Crippen molar-refractivity contribution in [3.63, 3.8) is 0 Å². The standard InChI is InChI=1S/C20H24N2O5S/c1-20(2,3)14-4-7-16(8-5-14)28(24,25)21-13-19(23)22-15-6-9-17-18(12-15)27-11-10-26-17/h4-9,12,21H,10-11,13H2,1-3H3,(H,22,23). The molecule has 2 aromatic carbocycles. The number of carbonyl (C=O) groups is 1. The van der Waals surface area contributed by atoms with Crippen molar-refractivity contribution in [2.45, 2.75) is 31.1 Å². The Bertz CT molecular complexity index is 963. The van der Waals surface area contributed by atoms with Crippen molar-refractivity contribution < 1.29 is 22.7 Å². The van der Waals surface area contributed by atoms with Gasteiger partial charge in [-0.05, 0) is 35.2 Å². The Hall–Kier alpha value is -2.58. The monoisotopic (exact) mass is 404 g/mol. The van der Waals surface area contributed by atoms with Gasteiger partial charge in [0.25, 0.3) is 0 Å². The number of fused-ring (bicyclic) bond motifs is 1. The number of amides is 1. The molecule has 1 aliphatic heterocycles. The van der Waals surface area contributed by atoms with Crippen molar-refractivity contribution in [2.24, 2.45) is 0 Å². The number of carbonyl (C=O) groups excluding carboxylic acids is 1. The van der Waals surface area contributed by atoms with Gasteiger partial charge in [0.05, 0.1) is 11.4 Å². The average Bonchev–Trinajstić information content (AvgIpc) is 2.66. The first-order valence-electron chi connectivity index (χ1n) is 8.95. The van der Waals surface area contributed by atoms with Crippen LogP contribution in [-0.2, 0) is 20.2 Å². The lowest BCUT2D eigenvalue weighted by molar-refractivity contribution is -0.115. The Balaban J connectivity index is 1.60. The van der Waals surface area contributed by atoms with Gasteiger partial charge in [0.1, 0.15) is 13.2 Å². The first-order chi connectivity index (χ1) is 13.1. The molecule has 1 amide bonds. The number of ether oxygens (including phenoxy) is 2. The molecule has 1 aliphatic rings. The van der Waals surface area contributed by atoms with Crippen LogP contribution in [0, 0.1) is 0 Å². The molecule has 1 heterocycles. The number of nitrogens with one attached hydrogen (secondary N) is 2. The van der Waals surface area contributed by atoms with Crippen molar-refractivity contribution in [1.82, 2.24) is 4.72 Å². The van der Waals surface area contributed by atoms with E-state index in [9.17, 15) is 13.2 Å². The van der Waals surface area contributed by atoms with Gasteiger partial charge in [-0.25, -0.2) is 13.1 Å². The van der Waals surface area contributed by atoms with E-state index in [1.54, 1.807) is 42.5 Å². The van der Waals surface area contributed by atoms with Gasteiger partial charge in [0, 0.05) is 11.8 Å². The Labute approximate surface area is 165 Å². The Morgan fingerprint density at radius 2 is 1.64 bits per heavy atom. The maximum absolute atomic E-state index is 12.4. The summed E-state index contributed by atoms with van der Waals surface area (Å²) in [4.78, 5) is 12.3. The molecule has 0 radical (unpaired) electrons. The predicted molar refractivity (Wildman–Crippen MR) is 106 cm³/mol. The van der Waals surface area contributed by atoms with Crippen LogP contribution in [0.4, 0.5) is 5.69 Å². The van der Waals surface area contributed by atoms with Crippen LogP contribution in [0.2, 0.25) is 0 Å². The first kappa shape index (κ1) is 20.2. The molecule has 2 N–H and O–H groups in total. The van der Waals surface area contributed by atoms with E-state index in [-0.39, 0.29) is 16.9 Å². The molecule has 2 aromatic rings. The Morgan fingerprint density at radius 3 is 2.29 bits per heavy atom. The van der Waals surface area contributed by atoms with Crippen molar-refractivity contribution in [3.8, 4) is 11.5 Å². The van der Waals surface area contributed by atoms with Crippen LogP contribution in [0.25, 0.3) is 0 Å². The van der Waals surface area contributed by atoms with Crippen molar-refractivity contribution in [1.29, 1.82) is 0 Å². The number of benzene rings is 2. The third-order valence-electron chi connectivity index (χ3n) is 4.28. The van der Waals surface area contributed by atoms with Crippen LogP contribution in [0.3, 0.4) is 0 Å². The minimum absolute atomic E-state index is 0.0702. The maximum atomic E-state index is 12.4. The maximum Gasteiger partial charge on any atom is 0.241 e. The summed E-state index contributed by atoms with van der Waals surface area (Å²) in [5.74, 6) is 0.679. The van der Waals surface area contributed by atoms with E-state index in [1.165, 1.54) is 0 Å². The summed E-state index contributed by atoms with van der Waals surface area (Å²) in [6.07, 6.45) is 0. The fourth-order valence-electron chi connectivity index (χ4n) is 2.70. The molecule has 28 heavy (non-hydrogen) atoms. The van der Waals surface area contributed by atoms with Gasteiger partial charge in [0.2, 0.25) is 15.9 Å². The average molecular weight is 404 g/mol. The van der Waals surface area contributed by atoms with Crippen LogP contribution in [-0.4, -0.2) is 34.1 Å². The smallest absolute Gasteiger partial charge is 0.241 e. The molecule has 0 fully saturated rings. The lowest BCUT2D eigenvalue weighted by atomic mass is 9.87. The predicted octanol–water partition coefficient (Wildman–Crippen LogP) is 2.67. The third-order valence-corrected chi connectivity index (χ3v) is 5.70. The van der Waals surface area contributed by atoms with Crippen LogP contribution >= 0.6 is 0 Å². The second-order valence-corrected chi connectivity index (χ2v) is 9.27. The topological polar surface area (TPSA) is 93.7 Å². The summed E-state index contributed by atoms with van der Waals surface area (Å²) in [6.45, 7) is 6.71. The number of hydrogen-bond donors (Lipinski definition) is 2. The molecule has 0 aromatic heterocycles. The van der Waals surface area contributed by atoms with E-state index < -0.39 is 15.9 Å². The highest BCUT2D eigenvalue weighted by Gasteiger charge is 2.19. The number of anilines is 1. The highest BCUT2D eigenvalue weighted by Crippen LogP contribution is 2.32. The van der Waals surface area contributed by atoms with Crippen LogP contribution in [0.15, 0.2) is 47.4 Å². The molecule has 0 unspecified atom stereocenters. The van der Waals surface area contributed by atoms with Gasteiger partial charge in [-0.1, -0.05) is 32.9 Å². The zero-order chi connectivity index (χ0) is 20.4. The molecule has 0 atom stereocenters. The van der Waals surface area contributed by atoms with Crippen LogP contribution in [0.5, 0.6) is 11.5 Å². The molecule has 8 heteroatoms. The van der Waals surface area contributed by atoms with E-state index in [4.69, 9.17) is 9.47 Å². The van der Waals surface area contributed by atoms with Gasteiger partial charge < -0.3 is 14.8 Å². The SMILES string of the molecule is CC(C)(C)c1ccc(S(=O)(=O)NCC(=O)Nc2ccc3c(c2)OCCO3)cc1. The lowest BCUT2D eigenvalue weighted by Crippen LogP contribution is -2.33. The third kappa shape index (κ3) is 4.82. The second kappa shape index (κ2) is 7.81. The number of hydrogen-bond acceptors (Lipinski definition) is 5. The van der Waals surface area contributed by atoms with Gasteiger partial charge in [-0.3, -0.25) is 4.79 Å². The molecule has 7 nitrogen and oxygen atoms in total. The minimum Gasteiger partial charge on any atom is -0.486 e. The Morgan fingerprint density at radius 1 is 1.00 bits per heavy atom. The molecular formula is C20H24N2O5S. The van der Waals surface area contributed by atoms with E-state index in [0.29, 0.717) is 30.4 Å². The molecule has 3 rings (SSSR count). The van der Waals surface area contributed by atoms with Gasteiger partial charge in [-0.2, -0.15) is 0 Å². The van der Waals surface area contributed by atoms with Crippen LogP contribution < -0.4 is 19.5 Å². The number of sulfonamides is 1. The Kier molecular flexibility index (Phi) is 5.62. The minimum atomic E-state index is -3.78. The normalized spacial score (nSPS) is 13.8. The molecule has 0 bridgehead atoms. The van der Waals surface area contributed by atoms with Crippen molar-refractivity contribution >= 4 is 21.6 Å². The summed E-state index contributed by atoms with van der Waals surface area (Å²) in [6, 6.07) is 11.7. The summed E-state index contributed by atoms with van der Waals surface area (Å²) < 4.78 is 38.0. The summed E-state index contributed by atoms with van der Waals surface area (Å²) >= 11 is 0. The highest BCUT2D eigenvalue weighted by atomic mass is 32.2. The van der Waals surface area contributed by atoms with Crippen LogP contribution in [0.1, 0.15) is 26.3 Å². The highest BCUT2D eigenvalue weighted by molar-refractivity contribution is 7.89. The van der Waals surface area contributed by atoms with E-state index in [0.717, 1.165) is 5.56 Å². The fourth-order valence-corrected chi connectivity index (χ4v) is 3.69. The molecular weight excluding hydrogens is 380 g/mol. The van der Waals surface area contributed by atoms with Crippen molar-refractivity contribution in [3.05, 3.63) is 48.0 Å². The summed E-state index contributed by atoms with van der Waals surface area (Å²) in [5, 5.41) is 2.64. The van der Waals surface area contributed by atoms with Gasteiger partial charge in [-0.15, -0.1) is 0 Å². The van der Waals surface area contributed by atoms with Crippen molar-refractivity contribution in [2.75, 3.05) is 25.1 Å². The molecule has 0 aliphatic carbocycles. The fraction of sp³-hybridized carbons (Fsp3) is 0.350. The lowest BCUT2D eigenvalue weighted by Gasteiger charge is -2.19. The summed E-state index contributed by atoms with van der Waals surface area (Å²) in [7, 11) is -3.78. The molecule has 150 valence electrons. The molecule has 0 spiro atoms. The van der Waals surface area contributed by atoms with E-state index >= 15 is 0 Å². The quantitative estimate of drug-likeness (QED) is 0.799. The largest absolute Gasteiger partial charge is 0.486 e. The zero-order valence-corrected chi connectivity index (χ0v) is 16.9. The second-order valence-electron chi connectivity index (χ2n) is 7.51. The zero-order valence-electron chi connectivity index (χ0n) is 16.1. The van der Waals surface area contributed by atoms with E-state index in [2.05, 4.69) is 30.8 Å². The van der Waals surface area contributed by atoms with Gasteiger partial charge >= 0.3 is 0 Å². The summed E-state index contributed by atoms with van der Waals surface area (Å²) in [5.41, 5.74) is 1.46. The van der Waals surface area contributed by atoms with E-state index in [1.807, 2.05) is 0 Å². The van der Waals surface area contributed by atoms with Gasteiger partial charge in [0.15, 0.2) is 11.5 Å². The number of rotatable bonds is 5. The first-order valence-corrected chi connectivity index (χ1v) is 10.4. The molecule has 0 saturated heterocycles. The molecule has 0 saturated carbocycles.